The molecule has 1 aromatic carbocycles. The smallest absolute Gasteiger partial charge is 0.162 e. The molecule has 0 spiro atoms. The number of aromatic nitrogens is 5. The lowest BCUT2D eigenvalue weighted by Gasteiger charge is -2.07. The quantitative estimate of drug-likeness (QED) is 0.723. The van der Waals surface area contributed by atoms with Crippen molar-refractivity contribution in [3.8, 4) is 11.4 Å². The summed E-state index contributed by atoms with van der Waals surface area (Å²) < 4.78 is 19.4. The van der Waals surface area contributed by atoms with Crippen LogP contribution in [-0.2, 0) is 6.61 Å². The van der Waals surface area contributed by atoms with Crippen LogP contribution in [0.3, 0.4) is 0 Å². The largest absolute Gasteiger partial charge is 0.487 e. The number of hydrogen-bond donors (Lipinski definition) is 0. The molecule has 20 heavy (non-hydrogen) atoms. The monoisotopic (exact) mass is 271 g/mol. The van der Waals surface area contributed by atoms with Gasteiger partial charge >= 0.3 is 0 Å². The van der Waals surface area contributed by atoms with Gasteiger partial charge in [-0.05, 0) is 29.5 Å². The van der Waals surface area contributed by atoms with Crippen LogP contribution in [0.1, 0.15) is 5.69 Å². The van der Waals surface area contributed by atoms with Crippen LogP contribution in [0.5, 0.6) is 5.75 Å². The maximum Gasteiger partial charge on any atom is 0.162 e. The first-order valence-electron chi connectivity index (χ1n) is 5.88. The zero-order valence-electron chi connectivity index (χ0n) is 10.3. The summed E-state index contributed by atoms with van der Waals surface area (Å²) in [6.07, 6.45) is 2.92. The van der Waals surface area contributed by atoms with Gasteiger partial charge in [0.15, 0.2) is 12.1 Å². The van der Waals surface area contributed by atoms with Crippen LogP contribution < -0.4 is 4.74 Å². The van der Waals surface area contributed by atoms with E-state index in [-0.39, 0.29) is 12.3 Å². The molecule has 3 rings (SSSR count). The normalized spacial score (nSPS) is 10.4. The van der Waals surface area contributed by atoms with Gasteiger partial charge in [-0.1, -0.05) is 6.07 Å². The number of ether oxygens (including phenoxy) is 1. The molecule has 2 heterocycles. The number of halogens is 1. The Morgan fingerprint density at radius 3 is 2.85 bits per heavy atom. The fourth-order valence-corrected chi connectivity index (χ4v) is 1.66. The van der Waals surface area contributed by atoms with E-state index in [1.165, 1.54) is 18.5 Å². The van der Waals surface area contributed by atoms with Gasteiger partial charge in [-0.15, -0.1) is 15.0 Å². The molecule has 3 aromatic rings. The first-order valence-corrected chi connectivity index (χ1v) is 5.88. The summed E-state index contributed by atoms with van der Waals surface area (Å²) >= 11 is 0. The van der Waals surface area contributed by atoms with E-state index in [1.54, 1.807) is 12.3 Å². The molecule has 0 fully saturated rings. The Morgan fingerprint density at radius 2 is 2.15 bits per heavy atom. The average molecular weight is 271 g/mol. The van der Waals surface area contributed by atoms with Crippen LogP contribution in [-0.4, -0.2) is 25.2 Å². The van der Waals surface area contributed by atoms with E-state index in [0.29, 0.717) is 5.75 Å². The van der Waals surface area contributed by atoms with Crippen molar-refractivity contribution < 1.29 is 9.13 Å². The van der Waals surface area contributed by atoms with Crippen molar-refractivity contribution in [1.82, 2.24) is 25.2 Å². The summed E-state index contributed by atoms with van der Waals surface area (Å²) in [4.78, 5) is 5.23. The van der Waals surface area contributed by atoms with E-state index in [0.717, 1.165) is 10.5 Å². The van der Waals surface area contributed by atoms with Gasteiger partial charge in [-0.2, -0.15) is 0 Å². The number of pyridine rings is 1. The summed E-state index contributed by atoms with van der Waals surface area (Å²) in [5.41, 5.74) is 0.989. The number of hydrogen-bond acceptors (Lipinski definition) is 5. The summed E-state index contributed by atoms with van der Waals surface area (Å²) in [7, 11) is 0. The topological polar surface area (TPSA) is 65.7 Å². The molecule has 0 aliphatic rings. The third kappa shape index (κ3) is 2.61. The number of benzene rings is 1. The van der Waals surface area contributed by atoms with Crippen molar-refractivity contribution in [1.29, 1.82) is 0 Å². The van der Waals surface area contributed by atoms with E-state index in [4.69, 9.17) is 4.74 Å². The van der Waals surface area contributed by atoms with Crippen LogP contribution in [0.2, 0.25) is 0 Å². The van der Waals surface area contributed by atoms with Crippen LogP contribution in [0.4, 0.5) is 4.39 Å². The minimum Gasteiger partial charge on any atom is -0.487 e. The molecule has 2 aromatic heterocycles. The fourth-order valence-electron chi connectivity index (χ4n) is 1.66. The van der Waals surface area contributed by atoms with Gasteiger partial charge in [-0.3, -0.25) is 4.98 Å². The lowest BCUT2D eigenvalue weighted by atomic mass is 10.3. The highest BCUT2D eigenvalue weighted by Gasteiger charge is 2.08. The molecule has 7 heteroatoms. The van der Waals surface area contributed by atoms with Crippen molar-refractivity contribution in [2.24, 2.45) is 0 Å². The first kappa shape index (κ1) is 12.2. The van der Waals surface area contributed by atoms with E-state index in [9.17, 15) is 4.39 Å². The minimum atomic E-state index is -0.485. The van der Waals surface area contributed by atoms with Crippen molar-refractivity contribution in [2.45, 2.75) is 6.61 Å². The van der Waals surface area contributed by atoms with Gasteiger partial charge in [0, 0.05) is 12.3 Å². The Labute approximate surface area is 113 Å². The SMILES string of the molecule is Fc1cc(OCc2ccccn2)ccc1-n1ncnn1. The van der Waals surface area contributed by atoms with E-state index < -0.39 is 5.82 Å². The summed E-state index contributed by atoms with van der Waals surface area (Å²) in [5.74, 6) is -0.0708. The van der Waals surface area contributed by atoms with Gasteiger partial charge < -0.3 is 4.74 Å². The summed E-state index contributed by atoms with van der Waals surface area (Å²) in [6.45, 7) is 0.279. The van der Waals surface area contributed by atoms with Gasteiger partial charge in [0.1, 0.15) is 18.0 Å². The molecule has 0 saturated carbocycles. The predicted octanol–water partition coefficient (Wildman–Crippen LogP) is 1.78. The third-order valence-electron chi connectivity index (χ3n) is 2.60. The summed E-state index contributed by atoms with van der Waals surface area (Å²) in [6, 6.07) is 9.98. The second kappa shape index (κ2) is 5.43. The molecule has 6 nitrogen and oxygen atoms in total. The van der Waals surface area contributed by atoms with Crippen molar-refractivity contribution in [3.63, 3.8) is 0 Å². The zero-order chi connectivity index (χ0) is 13.8. The Hall–Kier alpha value is -2.83. The van der Waals surface area contributed by atoms with Crippen LogP contribution in [0.15, 0.2) is 48.9 Å². The summed E-state index contributed by atoms with van der Waals surface area (Å²) in [5, 5.41) is 10.9. The Morgan fingerprint density at radius 1 is 1.20 bits per heavy atom. The van der Waals surface area contributed by atoms with E-state index >= 15 is 0 Å². The highest BCUT2D eigenvalue weighted by molar-refractivity contribution is 5.37. The van der Waals surface area contributed by atoms with Gasteiger partial charge in [0.25, 0.3) is 0 Å². The van der Waals surface area contributed by atoms with Crippen LogP contribution in [0.25, 0.3) is 5.69 Å². The van der Waals surface area contributed by atoms with Gasteiger partial charge in [-0.25, -0.2) is 4.39 Å². The predicted molar refractivity (Wildman–Crippen MR) is 67.7 cm³/mol. The second-order valence-electron chi connectivity index (χ2n) is 3.95. The molecule has 0 bridgehead atoms. The molecule has 0 amide bonds. The minimum absolute atomic E-state index is 0.215. The Bertz CT molecular complexity index is 687. The molecule has 0 aliphatic carbocycles. The van der Waals surface area contributed by atoms with Crippen LogP contribution >= 0.6 is 0 Å². The molecule has 0 N–H and O–H groups in total. The van der Waals surface area contributed by atoms with Gasteiger partial charge in [0.2, 0.25) is 0 Å². The Kier molecular flexibility index (Phi) is 3.32. The fraction of sp³-hybridized carbons (Fsp3) is 0.0769. The maximum absolute atomic E-state index is 13.9. The number of nitrogens with zero attached hydrogens (tertiary/aromatic N) is 5. The number of rotatable bonds is 4. The maximum atomic E-state index is 13.9. The van der Waals surface area contributed by atoms with Crippen molar-refractivity contribution in [2.75, 3.05) is 0 Å². The standard InChI is InChI=1S/C13H10FN5O/c14-12-7-11(20-8-10-3-1-2-6-15-10)4-5-13(12)19-17-9-16-18-19/h1-7,9H,8H2. The van der Waals surface area contributed by atoms with Crippen molar-refractivity contribution in [3.05, 3.63) is 60.4 Å². The average Bonchev–Trinajstić information content (AvgIpc) is 3.00. The van der Waals surface area contributed by atoms with Crippen LogP contribution in [0, 0.1) is 5.82 Å². The third-order valence-corrected chi connectivity index (χ3v) is 2.60. The Balaban J connectivity index is 1.74. The van der Waals surface area contributed by atoms with Gasteiger partial charge in [0.05, 0.1) is 5.69 Å². The zero-order valence-corrected chi connectivity index (χ0v) is 10.3. The highest BCUT2D eigenvalue weighted by Crippen LogP contribution is 2.19. The molecule has 0 atom stereocenters. The molecular formula is C13H10FN5O. The van der Waals surface area contributed by atoms with Crippen molar-refractivity contribution >= 4 is 0 Å². The molecule has 0 aliphatic heterocycles. The molecule has 0 unspecified atom stereocenters. The molecule has 0 saturated heterocycles. The van der Waals surface area contributed by atoms with E-state index in [2.05, 4.69) is 20.4 Å². The second-order valence-corrected chi connectivity index (χ2v) is 3.95. The lowest BCUT2D eigenvalue weighted by molar-refractivity contribution is 0.299. The van der Waals surface area contributed by atoms with E-state index in [1.807, 2.05) is 18.2 Å². The first-order chi connectivity index (χ1) is 9.83. The highest BCUT2D eigenvalue weighted by atomic mass is 19.1. The number of tetrazole rings is 1. The molecular weight excluding hydrogens is 261 g/mol. The lowest BCUT2D eigenvalue weighted by Crippen LogP contribution is -2.03. The molecule has 100 valence electrons. The molecule has 0 radical (unpaired) electrons.